The van der Waals surface area contributed by atoms with Gasteiger partial charge in [-0.2, -0.15) is 0 Å². The molecular weight excluding hydrogens is 502 g/mol. The van der Waals surface area contributed by atoms with E-state index in [0.717, 1.165) is 4.47 Å². The Bertz CT molecular complexity index is 1150. The van der Waals surface area contributed by atoms with Gasteiger partial charge in [-0.05, 0) is 54.3 Å². The molecule has 1 unspecified atom stereocenters. The molecule has 0 aromatic heterocycles. The fourth-order valence-corrected chi connectivity index (χ4v) is 5.08. The molecule has 0 spiro atoms. The highest BCUT2D eigenvalue weighted by Crippen LogP contribution is 2.31. The van der Waals surface area contributed by atoms with Crippen molar-refractivity contribution in [3.05, 3.63) is 51.5 Å². The number of rotatable bonds is 6. The Hall–Kier alpha value is -2.79. The quantitative estimate of drug-likeness (QED) is 0.532. The maximum Gasteiger partial charge on any atom is 0.328 e. The van der Waals surface area contributed by atoms with Gasteiger partial charge in [0, 0.05) is 11.5 Å². The van der Waals surface area contributed by atoms with Crippen molar-refractivity contribution in [3.8, 4) is 11.5 Å². The van der Waals surface area contributed by atoms with Gasteiger partial charge in [0.2, 0.25) is 0 Å². The number of hydrogen-bond donors (Lipinski definition) is 3. The standard InChI is InChI=1S/C21H24BrN3O6S/c1-4-12-8-18-13(9-19(12)32(28,29)25-21(27)23-2)7-15(11-31-18)24-20(26)16-10-14(22)5-6-17(16)30-3/h5-6,8-10,15H,4,7,11H2,1-3H3,(H,24,26)(H2,23,25,27). The van der Waals surface area contributed by atoms with Crippen molar-refractivity contribution in [3.63, 3.8) is 0 Å². The van der Waals surface area contributed by atoms with Gasteiger partial charge in [-0.15, -0.1) is 0 Å². The molecule has 0 saturated heterocycles. The lowest BCUT2D eigenvalue weighted by Gasteiger charge is -2.27. The number of urea groups is 1. The van der Waals surface area contributed by atoms with Gasteiger partial charge >= 0.3 is 6.03 Å². The Morgan fingerprint density at radius 2 is 2.00 bits per heavy atom. The average molecular weight is 526 g/mol. The van der Waals surface area contributed by atoms with Crippen molar-refractivity contribution in [2.24, 2.45) is 0 Å². The second-order valence-electron chi connectivity index (χ2n) is 7.14. The number of aryl methyl sites for hydroxylation is 1. The first-order chi connectivity index (χ1) is 15.2. The highest BCUT2D eigenvalue weighted by atomic mass is 79.9. The number of sulfonamides is 1. The molecule has 0 fully saturated rings. The smallest absolute Gasteiger partial charge is 0.328 e. The first-order valence-electron chi connectivity index (χ1n) is 9.86. The Labute approximate surface area is 195 Å². The van der Waals surface area contributed by atoms with Gasteiger partial charge in [-0.1, -0.05) is 22.9 Å². The largest absolute Gasteiger partial charge is 0.496 e. The number of methoxy groups -OCH3 is 1. The van der Waals surface area contributed by atoms with Crippen LogP contribution in [0, 0.1) is 0 Å². The first kappa shape index (κ1) is 23.9. The minimum atomic E-state index is -4.07. The van der Waals surface area contributed by atoms with Gasteiger partial charge in [0.25, 0.3) is 15.9 Å². The third-order valence-corrected chi connectivity index (χ3v) is 6.92. The Balaban J connectivity index is 1.85. The van der Waals surface area contributed by atoms with E-state index in [1.165, 1.54) is 20.2 Å². The molecule has 0 saturated carbocycles. The molecule has 0 aliphatic carbocycles. The summed E-state index contributed by atoms with van der Waals surface area (Å²) in [6.07, 6.45) is 0.799. The van der Waals surface area contributed by atoms with Crippen LogP contribution in [-0.4, -0.2) is 47.2 Å². The molecule has 2 aromatic carbocycles. The monoisotopic (exact) mass is 525 g/mol. The van der Waals surface area contributed by atoms with Crippen LogP contribution in [0.25, 0.3) is 0 Å². The first-order valence-corrected chi connectivity index (χ1v) is 12.1. The van der Waals surface area contributed by atoms with E-state index in [9.17, 15) is 18.0 Å². The normalized spacial score (nSPS) is 15.2. The summed E-state index contributed by atoms with van der Waals surface area (Å²) in [6.45, 7) is 2.05. The van der Waals surface area contributed by atoms with Crippen LogP contribution in [0.1, 0.15) is 28.4 Å². The van der Waals surface area contributed by atoms with Crippen LogP contribution in [0.5, 0.6) is 11.5 Å². The summed E-state index contributed by atoms with van der Waals surface area (Å²) in [4.78, 5) is 24.4. The third-order valence-electron chi connectivity index (χ3n) is 5.02. The fourth-order valence-electron chi connectivity index (χ4n) is 3.42. The number of carbonyl (C=O) groups is 2. The molecule has 172 valence electrons. The second kappa shape index (κ2) is 9.78. The number of hydrogen-bond acceptors (Lipinski definition) is 6. The zero-order chi connectivity index (χ0) is 23.5. The molecule has 0 bridgehead atoms. The molecule has 3 N–H and O–H groups in total. The maximum absolute atomic E-state index is 12.8. The van der Waals surface area contributed by atoms with E-state index in [0.29, 0.717) is 41.0 Å². The zero-order valence-corrected chi connectivity index (χ0v) is 20.2. The van der Waals surface area contributed by atoms with Crippen LogP contribution in [0.15, 0.2) is 39.7 Å². The molecule has 3 rings (SSSR count). The summed E-state index contributed by atoms with van der Waals surface area (Å²) in [5, 5.41) is 5.15. The van der Waals surface area contributed by atoms with Crippen molar-refractivity contribution >= 4 is 37.9 Å². The van der Waals surface area contributed by atoms with E-state index in [1.54, 1.807) is 24.3 Å². The average Bonchev–Trinajstić information content (AvgIpc) is 2.77. The molecule has 11 heteroatoms. The van der Waals surface area contributed by atoms with Crippen molar-refractivity contribution in [2.45, 2.75) is 30.7 Å². The summed E-state index contributed by atoms with van der Waals surface area (Å²) in [6, 6.07) is 7.09. The molecule has 1 aliphatic rings. The van der Waals surface area contributed by atoms with Gasteiger partial charge in [0.15, 0.2) is 0 Å². The van der Waals surface area contributed by atoms with E-state index in [4.69, 9.17) is 9.47 Å². The lowest BCUT2D eigenvalue weighted by atomic mass is 9.99. The van der Waals surface area contributed by atoms with Crippen molar-refractivity contribution < 1.29 is 27.5 Å². The minimum absolute atomic E-state index is 0.00610. The molecule has 0 radical (unpaired) electrons. The van der Waals surface area contributed by atoms with Crippen molar-refractivity contribution in [1.29, 1.82) is 0 Å². The van der Waals surface area contributed by atoms with Gasteiger partial charge in [-0.25, -0.2) is 17.9 Å². The summed E-state index contributed by atoms with van der Waals surface area (Å²) >= 11 is 3.35. The fraction of sp³-hybridized carbons (Fsp3) is 0.333. The number of ether oxygens (including phenoxy) is 2. The van der Waals surface area contributed by atoms with Crippen LogP contribution in [0.2, 0.25) is 0 Å². The molecule has 1 heterocycles. The number of carbonyl (C=O) groups excluding carboxylic acids is 2. The number of fused-ring (bicyclic) bond motifs is 1. The van der Waals surface area contributed by atoms with E-state index < -0.39 is 16.1 Å². The van der Waals surface area contributed by atoms with E-state index >= 15 is 0 Å². The molecule has 1 aliphatic heterocycles. The predicted octanol–water partition coefficient (Wildman–Crippen LogP) is 2.37. The topological polar surface area (TPSA) is 123 Å². The Morgan fingerprint density at radius 1 is 1.25 bits per heavy atom. The molecule has 32 heavy (non-hydrogen) atoms. The van der Waals surface area contributed by atoms with Crippen molar-refractivity contribution in [1.82, 2.24) is 15.4 Å². The molecular formula is C21H24BrN3O6S. The third kappa shape index (κ3) is 5.16. The van der Waals surface area contributed by atoms with Gasteiger partial charge in [0.05, 0.1) is 23.6 Å². The maximum atomic E-state index is 12.8. The van der Waals surface area contributed by atoms with Gasteiger partial charge in [0.1, 0.15) is 18.1 Å². The summed E-state index contributed by atoms with van der Waals surface area (Å²) in [5.74, 6) is 0.662. The summed E-state index contributed by atoms with van der Waals surface area (Å²) < 4.78 is 39.2. The number of benzene rings is 2. The van der Waals surface area contributed by atoms with Gasteiger partial charge in [-0.3, -0.25) is 4.79 Å². The number of nitrogens with one attached hydrogen (secondary N) is 3. The Kier molecular flexibility index (Phi) is 7.29. The number of amides is 3. The summed E-state index contributed by atoms with van der Waals surface area (Å²) in [5.41, 5.74) is 1.52. The van der Waals surface area contributed by atoms with E-state index in [2.05, 4.69) is 26.6 Å². The SMILES string of the molecule is CCc1cc2c(cc1S(=O)(=O)NC(=O)NC)CC(NC(=O)c1cc(Br)ccc1OC)CO2. The van der Waals surface area contributed by atoms with Crippen LogP contribution < -0.4 is 24.8 Å². The van der Waals surface area contributed by atoms with E-state index in [1.807, 2.05) is 11.6 Å². The molecule has 3 amide bonds. The summed E-state index contributed by atoms with van der Waals surface area (Å²) in [7, 11) is -1.25. The van der Waals surface area contributed by atoms with Crippen LogP contribution in [0.3, 0.4) is 0 Å². The van der Waals surface area contributed by atoms with Gasteiger partial charge < -0.3 is 20.1 Å². The zero-order valence-electron chi connectivity index (χ0n) is 17.8. The lowest BCUT2D eigenvalue weighted by molar-refractivity contribution is 0.0912. The van der Waals surface area contributed by atoms with E-state index in [-0.39, 0.29) is 23.5 Å². The molecule has 1 atom stereocenters. The highest BCUT2D eigenvalue weighted by Gasteiger charge is 2.28. The minimum Gasteiger partial charge on any atom is -0.496 e. The van der Waals surface area contributed by atoms with Crippen LogP contribution in [0.4, 0.5) is 4.79 Å². The Morgan fingerprint density at radius 3 is 2.66 bits per heavy atom. The van der Waals surface area contributed by atoms with Crippen LogP contribution >= 0.6 is 15.9 Å². The number of halogens is 1. The van der Waals surface area contributed by atoms with Crippen molar-refractivity contribution in [2.75, 3.05) is 20.8 Å². The second-order valence-corrected chi connectivity index (χ2v) is 9.70. The predicted molar refractivity (Wildman–Crippen MR) is 122 cm³/mol. The molecule has 9 nitrogen and oxygen atoms in total. The van der Waals surface area contributed by atoms with Crippen LogP contribution in [-0.2, 0) is 22.9 Å². The lowest BCUT2D eigenvalue weighted by Crippen LogP contribution is -2.43. The highest BCUT2D eigenvalue weighted by molar-refractivity contribution is 9.10. The molecule has 2 aromatic rings.